The number of ether oxygens (including phenoxy) is 2. The highest BCUT2D eigenvalue weighted by Gasteiger charge is 2.38. The van der Waals surface area contributed by atoms with Gasteiger partial charge in [0, 0.05) is 31.7 Å². The van der Waals surface area contributed by atoms with E-state index in [4.69, 9.17) is 19.4 Å². The van der Waals surface area contributed by atoms with Crippen LogP contribution in [0.5, 0.6) is 0 Å². The van der Waals surface area contributed by atoms with Gasteiger partial charge in [0.25, 0.3) is 5.91 Å². The van der Waals surface area contributed by atoms with Crippen molar-refractivity contribution in [3.05, 3.63) is 131 Å². The molecular formula is C40H42F3N3O7. The fourth-order valence-corrected chi connectivity index (χ4v) is 5.58. The molecule has 1 aliphatic rings. The van der Waals surface area contributed by atoms with Crippen LogP contribution in [0.2, 0.25) is 0 Å². The second-order valence-corrected chi connectivity index (χ2v) is 12.3. The predicted octanol–water partition coefficient (Wildman–Crippen LogP) is 6.34. The Kier molecular flexibility index (Phi) is 15.1. The number of benzene rings is 4. The molecule has 0 bridgehead atoms. The van der Waals surface area contributed by atoms with Gasteiger partial charge in [-0.1, -0.05) is 72.8 Å². The number of carboxylic acid groups (broad SMARTS) is 1. The highest BCUT2D eigenvalue weighted by molar-refractivity contribution is 5.95. The highest BCUT2D eigenvalue weighted by atomic mass is 19.4. The summed E-state index contributed by atoms with van der Waals surface area (Å²) in [5, 5.41) is 10.2. The molecule has 0 spiro atoms. The van der Waals surface area contributed by atoms with E-state index in [1.165, 1.54) is 20.0 Å². The summed E-state index contributed by atoms with van der Waals surface area (Å²) in [7, 11) is 1.35. The number of aliphatic carboxylic acids is 1. The zero-order chi connectivity index (χ0) is 38.2. The number of halogens is 3. The van der Waals surface area contributed by atoms with E-state index >= 15 is 0 Å². The number of amides is 2. The Morgan fingerprint density at radius 2 is 1.38 bits per heavy atom. The van der Waals surface area contributed by atoms with Crippen molar-refractivity contribution in [1.29, 1.82) is 0 Å². The number of esters is 1. The number of carbonyl (C=O) groups is 4. The van der Waals surface area contributed by atoms with Gasteiger partial charge in [-0.2, -0.15) is 13.2 Å². The lowest BCUT2D eigenvalue weighted by Gasteiger charge is -2.23. The van der Waals surface area contributed by atoms with Crippen LogP contribution in [0.25, 0.3) is 11.1 Å². The lowest BCUT2D eigenvalue weighted by Crippen LogP contribution is -2.33. The lowest BCUT2D eigenvalue weighted by molar-refractivity contribution is -0.192. The van der Waals surface area contributed by atoms with Crippen LogP contribution in [-0.4, -0.2) is 84.7 Å². The van der Waals surface area contributed by atoms with Gasteiger partial charge in [0.05, 0.1) is 19.3 Å². The smallest absolute Gasteiger partial charge is 0.475 e. The predicted molar refractivity (Wildman–Crippen MR) is 192 cm³/mol. The van der Waals surface area contributed by atoms with E-state index in [0.29, 0.717) is 37.4 Å². The molecule has 4 aromatic rings. The Labute approximate surface area is 306 Å². The van der Waals surface area contributed by atoms with Crippen LogP contribution in [-0.2, 0) is 38.8 Å². The Morgan fingerprint density at radius 1 is 0.774 bits per heavy atom. The number of methoxy groups -OCH3 is 1. The third-order valence-electron chi connectivity index (χ3n) is 8.35. The number of alkyl halides is 3. The van der Waals surface area contributed by atoms with Crippen molar-refractivity contribution in [3.63, 3.8) is 0 Å². The van der Waals surface area contributed by atoms with Gasteiger partial charge in [-0.25, -0.2) is 9.59 Å². The minimum Gasteiger partial charge on any atom is -0.475 e. The molecule has 0 saturated carbocycles. The fraction of sp³-hybridized carbons (Fsp3) is 0.300. The van der Waals surface area contributed by atoms with Crippen molar-refractivity contribution in [1.82, 2.24) is 15.1 Å². The number of nitrogens with one attached hydrogen (secondary N) is 1. The molecule has 2 amide bonds. The van der Waals surface area contributed by atoms with Crippen LogP contribution < -0.4 is 5.32 Å². The number of carboxylic acids is 1. The topological polar surface area (TPSA) is 125 Å². The van der Waals surface area contributed by atoms with Gasteiger partial charge >= 0.3 is 18.1 Å². The van der Waals surface area contributed by atoms with Gasteiger partial charge < -0.3 is 29.7 Å². The number of rotatable bonds is 14. The third kappa shape index (κ3) is 13.2. The van der Waals surface area contributed by atoms with Crippen molar-refractivity contribution in [2.45, 2.75) is 38.7 Å². The van der Waals surface area contributed by atoms with E-state index in [0.717, 1.165) is 47.5 Å². The fourth-order valence-electron chi connectivity index (χ4n) is 5.58. The van der Waals surface area contributed by atoms with E-state index in [1.807, 2.05) is 84.9 Å². The molecule has 4 aromatic carbocycles. The lowest BCUT2D eigenvalue weighted by atomic mass is 10.0. The van der Waals surface area contributed by atoms with E-state index in [1.54, 1.807) is 17.0 Å². The number of nitrogens with zero attached hydrogens (tertiary/aromatic N) is 2. The molecule has 0 unspecified atom stereocenters. The minimum atomic E-state index is -5.08. The molecule has 1 heterocycles. The Hall–Kier alpha value is -5.53. The summed E-state index contributed by atoms with van der Waals surface area (Å²) in [6.45, 7) is 4.68. The molecule has 0 aromatic heterocycles. The first-order valence-electron chi connectivity index (χ1n) is 17.0. The van der Waals surface area contributed by atoms with E-state index in [-0.39, 0.29) is 18.4 Å². The monoisotopic (exact) mass is 733 g/mol. The first-order valence-corrected chi connectivity index (χ1v) is 17.0. The van der Waals surface area contributed by atoms with Crippen molar-refractivity contribution < 1.29 is 46.9 Å². The molecule has 1 fully saturated rings. The zero-order valence-corrected chi connectivity index (χ0v) is 29.3. The second-order valence-electron chi connectivity index (χ2n) is 12.3. The maximum Gasteiger partial charge on any atom is 0.490 e. The first-order chi connectivity index (χ1) is 25.4. The molecule has 1 aliphatic heterocycles. The minimum absolute atomic E-state index is 0.0657. The molecule has 0 atom stereocenters. The maximum absolute atomic E-state index is 13.5. The molecule has 13 heteroatoms. The van der Waals surface area contributed by atoms with Gasteiger partial charge in [-0.3, -0.25) is 9.59 Å². The number of hydrogen-bond acceptors (Lipinski definition) is 7. The van der Waals surface area contributed by atoms with E-state index < -0.39 is 18.1 Å². The van der Waals surface area contributed by atoms with Gasteiger partial charge in [0.15, 0.2) is 0 Å². The molecule has 53 heavy (non-hydrogen) atoms. The van der Waals surface area contributed by atoms with Crippen LogP contribution in [0.3, 0.4) is 0 Å². The molecule has 10 nitrogen and oxygen atoms in total. The summed E-state index contributed by atoms with van der Waals surface area (Å²) in [5.41, 5.74) is 5.77. The number of hydrogen-bond donors (Lipinski definition) is 2. The molecule has 1 saturated heterocycles. The Bertz CT molecular complexity index is 1810. The summed E-state index contributed by atoms with van der Waals surface area (Å²) >= 11 is 0. The van der Waals surface area contributed by atoms with Crippen molar-refractivity contribution in [3.8, 4) is 11.1 Å². The van der Waals surface area contributed by atoms with Gasteiger partial charge in [0.1, 0.15) is 6.61 Å². The van der Waals surface area contributed by atoms with E-state index in [9.17, 15) is 27.6 Å². The Morgan fingerprint density at radius 3 is 2.02 bits per heavy atom. The number of carbonyl (C=O) groups excluding carboxylic acids is 3. The third-order valence-corrected chi connectivity index (χ3v) is 8.35. The molecule has 0 radical (unpaired) electrons. The first kappa shape index (κ1) is 40.2. The highest BCUT2D eigenvalue weighted by Crippen LogP contribution is 2.23. The summed E-state index contributed by atoms with van der Waals surface area (Å²) in [6.07, 6.45) is -2.62. The molecule has 0 aliphatic carbocycles. The summed E-state index contributed by atoms with van der Waals surface area (Å²) in [6, 6.07) is 32.5. The van der Waals surface area contributed by atoms with E-state index in [2.05, 4.69) is 16.3 Å². The van der Waals surface area contributed by atoms with Crippen molar-refractivity contribution in [2.24, 2.45) is 0 Å². The van der Waals surface area contributed by atoms with Gasteiger partial charge in [-0.05, 0) is 84.1 Å². The van der Waals surface area contributed by atoms with Crippen LogP contribution in [0.15, 0.2) is 103 Å². The van der Waals surface area contributed by atoms with Crippen molar-refractivity contribution >= 4 is 23.8 Å². The largest absolute Gasteiger partial charge is 0.490 e. The summed E-state index contributed by atoms with van der Waals surface area (Å²) in [5.74, 6) is -3.39. The summed E-state index contributed by atoms with van der Waals surface area (Å²) in [4.78, 5) is 51.3. The van der Waals surface area contributed by atoms with Crippen molar-refractivity contribution in [2.75, 3.05) is 39.9 Å². The SMILES string of the molecule is COC(=O)c1ccc(CN(Cc2cccc(-c3cccc(C(=O)NCCN4CCCC4)c3)c2)C(=O)COCc2ccccc2)cc1.O=C(O)C(F)(F)F. The maximum atomic E-state index is 13.5. The summed E-state index contributed by atoms with van der Waals surface area (Å²) < 4.78 is 42.3. The number of likely N-dealkylation sites (tertiary alicyclic amines) is 1. The zero-order valence-electron chi connectivity index (χ0n) is 29.3. The van der Waals surface area contributed by atoms with Crippen LogP contribution >= 0.6 is 0 Å². The molecular weight excluding hydrogens is 691 g/mol. The molecule has 5 rings (SSSR count). The molecule has 280 valence electrons. The average molecular weight is 734 g/mol. The normalized spacial score (nSPS) is 12.7. The van der Waals surface area contributed by atoms with Gasteiger partial charge in [-0.15, -0.1) is 0 Å². The Balaban J connectivity index is 0.000000815. The molecule has 2 N–H and O–H groups in total. The van der Waals surface area contributed by atoms with Crippen LogP contribution in [0.4, 0.5) is 13.2 Å². The van der Waals surface area contributed by atoms with Crippen LogP contribution in [0.1, 0.15) is 50.2 Å². The average Bonchev–Trinajstić information content (AvgIpc) is 3.68. The quantitative estimate of drug-likeness (QED) is 0.144. The standard InChI is InChI=1S/C38H41N3O5.C2HF3O2/c1-45-38(44)32-17-15-29(16-18-32)25-41(36(42)28-46-27-30-9-3-2-4-10-30)26-31-11-7-12-33(23-31)34-13-8-14-35(24-34)37(43)39-19-22-40-20-5-6-21-40;3-2(4,5)1(6)7/h2-4,7-18,23-24H,5-6,19-22,25-28H2,1H3,(H,39,43);(H,6,7). The second kappa shape index (κ2) is 19.9. The van der Waals surface area contributed by atoms with Gasteiger partial charge in [0.2, 0.25) is 5.91 Å². The van der Waals surface area contributed by atoms with Crippen LogP contribution in [0, 0.1) is 0 Å².